The maximum absolute atomic E-state index is 11.6. The van der Waals surface area contributed by atoms with E-state index in [-0.39, 0.29) is 15.7 Å². The molecular weight excluding hydrogens is 240 g/mol. The molecule has 0 saturated heterocycles. The van der Waals surface area contributed by atoms with E-state index < -0.39 is 15.0 Å². The third-order valence-electron chi connectivity index (χ3n) is 1.79. The van der Waals surface area contributed by atoms with E-state index in [1.165, 1.54) is 25.3 Å². The fraction of sp³-hybridized carbons (Fsp3) is 0.222. The van der Waals surface area contributed by atoms with Gasteiger partial charge in [-0.05, 0) is 18.2 Å². The summed E-state index contributed by atoms with van der Waals surface area (Å²) in [6.07, 6.45) is 0. The third-order valence-corrected chi connectivity index (χ3v) is 3.68. The highest BCUT2D eigenvalue weighted by atomic mass is 35.5. The molecule has 0 unspecified atom stereocenters. The van der Waals surface area contributed by atoms with Crippen molar-refractivity contribution < 1.29 is 17.9 Å². The normalized spacial score (nSPS) is 11.1. The molecule has 0 atom stereocenters. The van der Waals surface area contributed by atoms with Gasteiger partial charge in [0.2, 0.25) is 15.0 Å². The molecule has 0 fully saturated rings. The van der Waals surface area contributed by atoms with Crippen molar-refractivity contribution in [1.29, 1.82) is 0 Å². The first-order valence-corrected chi connectivity index (χ1v) is 5.85. The Hall–Kier alpha value is -1.07. The van der Waals surface area contributed by atoms with E-state index in [4.69, 9.17) is 16.3 Å². The third kappa shape index (κ3) is 2.30. The van der Waals surface area contributed by atoms with Crippen molar-refractivity contribution in [3.63, 3.8) is 0 Å². The average molecular weight is 249 g/mol. The number of benzene rings is 1. The van der Waals surface area contributed by atoms with Gasteiger partial charge in [0.1, 0.15) is 10.6 Å². The first-order chi connectivity index (χ1) is 6.89. The molecule has 0 aliphatic carbocycles. The highest BCUT2D eigenvalue weighted by molar-refractivity contribution is 8.06. The van der Waals surface area contributed by atoms with Gasteiger partial charge in [-0.1, -0.05) is 11.6 Å². The Morgan fingerprint density at radius 2 is 2.00 bits per heavy atom. The van der Waals surface area contributed by atoms with E-state index in [1.54, 1.807) is 0 Å². The quantitative estimate of drug-likeness (QED) is 0.799. The van der Waals surface area contributed by atoms with Crippen molar-refractivity contribution in [2.24, 2.45) is 0 Å². The van der Waals surface area contributed by atoms with E-state index >= 15 is 0 Å². The van der Waals surface area contributed by atoms with Crippen molar-refractivity contribution in [3.8, 4) is 5.75 Å². The smallest absolute Gasteiger partial charge is 0.248 e. The minimum atomic E-state index is -3.99. The maximum Gasteiger partial charge on any atom is 0.248 e. The molecule has 4 nitrogen and oxygen atoms in total. The first-order valence-electron chi connectivity index (χ1n) is 3.99. The van der Waals surface area contributed by atoms with Crippen molar-refractivity contribution in [2.75, 3.05) is 7.11 Å². The van der Waals surface area contributed by atoms with Crippen molar-refractivity contribution in [3.05, 3.63) is 23.2 Å². The minimum Gasteiger partial charge on any atom is -0.495 e. The lowest BCUT2D eigenvalue weighted by Gasteiger charge is -2.07. The predicted octanol–water partition coefficient (Wildman–Crippen LogP) is 1.67. The second kappa shape index (κ2) is 4.20. The summed E-state index contributed by atoms with van der Waals surface area (Å²) in [5.74, 6) is 0.106. The number of carbonyl (C=O) groups is 1. The zero-order valence-corrected chi connectivity index (χ0v) is 9.72. The number of carbonyl (C=O) groups excluding carboxylic acids is 1. The summed E-state index contributed by atoms with van der Waals surface area (Å²) in [5, 5.41) is -0.710. The fourth-order valence-electron chi connectivity index (χ4n) is 1.02. The van der Waals surface area contributed by atoms with Gasteiger partial charge in [-0.25, -0.2) is 8.42 Å². The standard InChI is InChI=1S/C9H9ClO4S/c1-6(11)15(12,13)9-5-7(10)3-4-8(9)14-2/h3-5H,1-2H3. The van der Waals surface area contributed by atoms with E-state index in [1.807, 2.05) is 0 Å². The monoisotopic (exact) mass is 248 g/mol. The predicted molar refractivity (Wildman–Crippen MR) is 55.9 cm³/mol. The van der Waals surface area contributed by atoms with Gasteiger partial charge in [0.25, 0.3) is 0 Å². The number of methoxy groups -OCH3 is 1. The van der Waals surface area contributed by atoms with Crippen LogP contribution in [0.3, 0.4) is 0 Å². The van der Waals surface area contributed by atoms with E-state index in [2.05, 4.69) is 0 Å². The molecule has 0 amide bonds. The molecule has 1 aromatic rings. The number of hydrogen-bond acceptors (Lipinski definition) is 4. The van der Waals surface area contributed by atoms with E-state index in [9.17, 15) is 13.2 Å². The molecule has 0 spiro atoms. The van der Waals surface area contributed by atoms with Gasteiger partial charge in [-0.3, -0.25) is 4.79 Å². The Kier molecular flexibility index (Phi) is 3.36. The summed E-state index contributed by atoms with van der Waals surface area (Å²) >= 11 is 5.65. The van der Waals surface area contributed by atoms with Gasteiger partial charge in [0, 0.05) is 11.9 Å². The molecule has 0 aliphatic heterocycles. The molecule has 0 radical (unpaired) electrons. The van der Waals surface area contributed by atoms with Gasteiger partial charge in [0.05, 0.1) is 7.11 Å². The Balaban J connectivity index is 3.49. The second-order valence-corrected chi connectivity index (χ2v) is 5.25. The highest BCUT2D eigenvalue weighted by Gasteiger charge is 2.24. The summed E-state index contributed by atoms with van der Waals surface area (Å²) < 4.78 is 28.0. The zero-order chi connectivity index (χ0) is 11.6. The number of rotatable bonds is 2. The number of halogens is 1. The zero-order valence-electron chi connectivity index (χ0n) is 8.15. The molecule has 0 heterocycles. The SMILES string of the molecule is COc1ccc(Cl)cc1S(=O)(=O)C(C)=O. The molecule has 0 saturated carbocycles. The van der Waals surface area contributed by atoms with E-state index in [0.29, 0.717) is 0 Å². The van der Waals surface area contributed by atoms with Crippen molar-refractivity contribution in [2.45, 2.75) is 11.8 Å². The Morgan fingerprint density at radius 1 is 1.40 bits per heavy atom. The van der Waals surface area contributed by atoms with Crippen LogP contribution in [0.2, 0.25) is 5.02 Å². The molecule has 0 N–H and O–H groups in total. The van der Waals surface area contributed by atoms with Crippen LogP contribution in [0.1, 0.15) is 6.92 Å². The number of ether oxygens (including phenoxy) is 1. The largest absolute Gasteiger partial charge is 0.495 e. The summed E-state index contributed by atoms with van der Waals surface area (Å²) in [7, 11) is -2.67. The van der Waals surface area contributed by atoms with Gasteiger partial charge in [-0.2, -0.15) is 0 Å². The van der Waals surface area contributed by atoms with Crippen LogP contribution in [-0.4, -0.2) is 20.6 Å². The summed E-state index contributed by atoms with van der Waals surface area (Å²) in [4.78, 5) is 10.8. The Bertz CT molecular complexity index is 493. The molecule has 6 heteroatoms. The molecule has 1 rings (SSSR count). The summed E-state index contributed by atoms with van der Waals surface area (Å²) in [5.41, 5.74) is 0. The number of sulfone groups is 1. The molecule has 82 valence electrons. The Morgan fingerprint density at radius 3 is 2.47 bits per heavy atom. The van der Waals surface area contributed by atoms with Gasteiger partial charge >= 0.3 is 0 Å². The van der Waals surface area contributed by atoms with Crippen LogP contribution in [0.15, 0.2) is 23.1 Å². The van der Waals surface area contributed by atoms with Crippen molar-refractivity contribution in [1.82, 2.24) is 0 Å². The lowest BCUT2D eigenvalue weighted by Crippen LogP contribution is -2.12. The number of hydrogen-bond donors (Lipinski definition) is 0. The van der Waals surface area contributed by atoms with Crippen LogP contribution >= 0.6 is 11.6 Å². The fourth-order valence-corrected chi connectivity index (χ4v) is 2.26. The average Bonchev–Trinajstić information content (AvgIpc) is 2.17. The van der Waals surface area contributed by atoms with Gasteiger partial charge in [-0.15, -0.1) is 0 Å². The molecule has 0 bridgehead atoms. The van der Waals surface area contributed by atoms with Gasteiger partial charge < -0.3 is 4.74 Å². The van der Waals surface area contributed by atoms with Crippen LogP contribution in [0.5, 0.6) is 5.75 Å². The van der Waals surface area contributed by atoms with Crippen LogP contribution in [0.4, 0.5) is 0 Å². The topological polar surface area (TPSA) is 60.4 Å². The molecular formula is C9H9ClO4S. The lowest BCUT2D eigenvalue weighted by atomic mass is 10.3. The van der Waals surface area contributed by atoms with Gasteiger partial charge in [0.15, 0.2) is 0 Å². The second-order valence-electron chi connectivity index (χ2n) is 2.79. The van der Waals surface area contributed by atoms with Crippen LogP contribution in [-0.2, 0) is 14.6 Å². The molecule has 0 aromatic heterocycles. The lowest BCUT2D eigenvalue weighted by molar-refractivity contribution is -0.109. The highest BCUT2D eigenvalue weighted by Crippen LogP contribution is 2.28. The summed E-state index contributed by atoms with van der Waals surface area (Å²) in [6.45, 7) is 0.982. The minimum absolute atomic E-state index is 0.106. The van der Waals surface area contributed by atoms with Crippen LogP contribution < -0.4 is 4.74 Å². The van der Waals surface area contributed by atoms with E-state index in [0.717, 1.165) is 6.92 Å². The maximum atomic E-state index is 11.6. The summed E-state index contributed by atoms with van der Waals surface area (Å²) in [6, 6.07) is 4.08. The first kappa shape index (κ1) is 12.0. The van der Waals surface area contributed by atoms with Crippen molar-refractivity contribution >= 4 is 26.6 Å². The Labute approximate surface area is 92.7 Å². The molecule has 1 aromatic carbocycles. The molecule has 0 aliphatic rings. The van der Waals surface area contributed by atoms with Crippen LogP contribution in [0.25, 0.3) is 0 Å². The molecule has 15 heavy (non-hydrogen) atoms. The van der Waals surface area contributed by atoms with Crippen LogP contribution in [0, 0.1) is 0 Å².